The van der Waals surface area contributed by atoms with Gasteiger partial charge in [-0.25, -0.2) is 0 Å². The molecule has 31 heavy (non-hydrogen) atoms. The Bertz CT molecular complexity index is 764. The van der Waals surface area contributed by atoms with E-state index in [0.717, 1.165) is 18.3 Å². The fourth-order valence-electron chi connectivity index (χ4n) is 3.73. The standard InChI is InChI=1S/C16H23Cl2N.C8H10.C4H8/c1-12(2)11-19-7-5-13(6-8-19)9-14-3-4-15(17)16(18)10-14;1-7-5-3-4-6-8(7)2;1-4(2)3/h3-4,10,12-13H,5-9,11H2,1-2H3;3-6H,1-2H3;1H2,2-3H3/p+1. The molecule has 0 aromatic heterocycles. The van der Waals surface area contributed by atoms with Crippen LogP contribution in [0.3, 0.4) is 0 Å². The molecule has 0 aliphatic carbocycles. The maximum atomic E-state index is 6.08. The Kier molecular flexibility index (Phi) is 13.2. The number of piperidine rings is 1. The lowest BCUT2D eigenvalue weighted by Crippen LogP contribution is -3.13. The van der Waals surface area contributed by atoms with Gasteiger partial charge in [-0.1, -0.05) is 73.0 Å². The fraction of sp³-hybridized carbons (Fsp3) is 0.500. The van der Waals surface area contributed by atoms with E-state index in [2.05, 4.69) is 64.6 Å². The van der Waals surface area contributed by atoms with Gasteiger partial charge < -0.3 is 4.90 Å². The summed E-state index contributed by atoms with van der Waals surface area (Å²) in [6.07, 6.45) is 3.82. The first-order valence-corrected chi connectivity index (χ1v) is 12.3. The number of aryl methyl sites for hydroxylation is 2. The molecule has 0 amide bonds. The van der Waals surface area contributed by atoms with Gasteiger partial charge in [0.2, 0.25) is 0 Å². The van der Waals surface area contributed by atoms with Gasteiger partial charge in [0, 0.05) is 5.92 Å². The smallest absolute Gasteiger partial charge is 0.0794 e. The van der Waals surface area contributed by atoms with Crippen molar-refractivity contribution in [3.8, 4) is 0 Å². The van der Waals surface area contributed by atoms with Crippen molar-refractivity contribution in [2.24, 2.45) is 11.8 Å². The molecule has 0 bridgehead atoms. The Morgan fingerprint density at radius 3 is 1.90 bits per heavy atom. The minimum atomic E-state index is 0.654. The van der Waals surface area contributed by atoms with E-state index in [1.54, 1.807) is 4.90 Å². The normalized spacial score (nSPS) is 17.8. The van der Waals surface area contributed by atoms with Crippen molar-refractivity contribution >= 4 is 23.2 Å². The Labute approximate surface area is 201 Å². The van der Waals surface area contributed by atoms with E-state index in [-0.39, 0.29) is 0 Å². The summed E-state index contributed by atoms with van der Waals surface area (Å²) in [5, 5.41) is 1.34. The SMILES string of the molecule is C=C(C)C.CC(C)C[NH+]1CCC(Cc2ccc(Cl)c(Cl)c2)CC1.Cc1ccccc1C. The van der Waals surface area contributed by atoms with Crippen molar-refractivity contribution in [1.29, 1.82) is 0 Å². The van der Waals surface area contributed by atoms with Gasteiger partial charge in [-0.15, -0.1) is 6.58 Å². The molecule has 3 heteroatoms. The van der Waals surface area contributed by atoms with Crippen LogP contribution in [0.15, 0.2) is 54.6 Å². The van der Waals surface area contributed by atoms with Crippen LogP contribution in [0, 0.1) is 25.7 Å². The average Bonchev–Trinajstić information content (AvgIpc) is 2.68. The Balaban J connectivity index is 0.000000329. The second kappa shape index (κ2) is 14.7. The van der Waals surface area contributed by atoms with Crippen LogP contribution in [0.2, 0.25) is 10.0 Å². The van der Waals surface area contributed by atoms with Crippen LogP contribution in [-0.4, -0.2) is 19.6 Å². The van der Waals surface area contributed by atoms with E-state index in [0.29, 0.717) is 10.0 Å². The lowest BCUT2D eigenvalue weighted by atomic mass is 9.90. The highest BCUT2D eigenvalue weighted by Gasteiger charge is 2.22. The van der Waals surface area contributed by atoms with E-state index in [1.165, 1.54) is 54.7 Å². The molecule has 172 valence electrons. The van der Waals surface area contributed by atoms with Crippen molar-refractivity contribution in [3.05, 3.63) is 81.4 Å². The molecule has 0 unspecified atom stereocenters. The number of hydrogen-bond acceptors (Lipinski definition) is 0. The third kappa shape index (κ3) is 12.4. The van der Waals surface area contributed by atoms with Crippen LogP contribution in [0.4, 0.5) is 0 Å². The molecule has 2 aromatic rings. The summed E-state index contributed by atoms with van der Waals surface area (Å²) < 4.78 is 0. The lowest BCUT2D eigenvalue weighted by Gasteiger charge is -2.30. The van der Waals surface area contributed by atoms with Crippen LogP contribution in [0.25, 0.3) is 0 Å². The van der Waals surface area contributed by atoms with Gasteiger partial charge in [0.25, 0.3) is 0 Å². The number of allylic oxidation sites excluding steroid dienone is 1. The predicted molar refractivity (Wildman–Crippen MR) is 140 cm³/mol. The summed E-state index contributed by atoms with van der Waals surface area (Å²) in [5.41, 5.74) is 5.23. The molecule has 0 spiro atoms. The third-order valence-electron chi connectivity index (χ3n) is 5.44. The maximum Gasteiger partial charge on any atom is 0.0794 e. The highest BCUT2D eigenvalue weighted by molar-refractivity contribution is 6.42. The molecule has 1 aliphatic heterocycles. The van der Waals surface area contributed by atoms with Gasteiger partial charge in [0.05, 0.1) is 29.7 Å². The average molecular weight is 464 g/mol. The second-order valence-corrected chi connectivity index (χ2v) is 10.3. The van der Waals surface area contributed by atoms with Crippen molar-refractivity contribution < 1.29 is 4.90 Å². The topological polar surface area (TPSA) is 4.44 Å². The quantitative estimate of drug-likeness (QED) is 0.452. The molecule has 0 radical (unpaired) electrons. The summed E-state index contributed by atoms with van der Waals surface area (Å²) in [4.78, 5) is 1.78. The maximum absolute atomic E-state index is 6.08. The summed E-state index contributed by atoms with van der Waals surface area (Å²) in [5.74, 6) is 1.62. The Morgan fingerprint density at radius 2 is 1.48 bits per heavy atom. The molecule has 2 aromatic carbocycles. The van der Waals surface area contributed by atoms with Crippen LogP contribution in [0.1, 0.15) is 57.2 Å². The molecular formula is C28H42Cl2N+. The number of benzene rings is 2. The molecule has 3 rings (SSSR count). The van der Waals surface area contributed by atoms with Crippen LogP contribution in [-0.2, 0) is 6.42 Å². The highest BCUT2D eigenvalue weighted by Crippen LogP contribution is 2.25. The van der Waals surface area contributed by atoms with Gasteiger partial charge in [0.1, 0.15) is 0 Å². The summed E-state index contributed by atoms with van der Waals surface area (Å²) >= 11 is 12.0. The first-order chi connectivity index (χ1) is 14.6. The minimum Gasteiger partial charge on any atom is -0.335 e. The predicted octanol–water partition coefficient (Wildman–Crippen LogP) is 7.37. The first-order valence-electron chi connectivity index (χ1n) is 11.5. The molecule has 0 saturated carbocycles. The minimum absolute atomic E-state index is 0.654. The number of rotatable bonds is 4. The largest absolute Gasteiger partial charge is 0.335 e. The Morgan fingerprint density at radius 1 is 0.968 bits per heavy atom. The molecule has 1 heterocycles. The molecular weight excluding hydrogens is 421 g/mol. The van der Waals surface area contributed by atoms with Gasteiger partial charge in [-0.05, 0) is 81.7 Å². The van der Waals surface area contributed by atoms with Crippen LogP contribution < -0.4 is 4.90 Å². The van der Waals surface area contributed by atoms with Crippen LogP contribution >= 0.6 is 23.2 Å². The van der Waals surface area contributed by atoms with E-state index < -0.39 is 0 Å². The first kappa shape index (κ1) is 27.8. The summed E-state index contributed by atoms with van der Waals surface area (Å²) in [7, 11) is 0. The second-order valence-electron chi connectivity index (χ2n) is 9.54. The van der Waals surface area contributed by atoms with Gasteiger partial charge in [-0.2, -0.15) is 0 Å². The zero-order valence-corrected chi connectivity index (χ0v) is 21.9. The molecule has 1 fully saturated rings. The van der Waals surface area contributed by atoms with Crippen LogP contribution in [0.5, 0.6) is 0 Å². The molecule has 1 nitrogen and oxygen atoms in total. The lowest BCUT2D eigenvalue weighted by molar-refractivity contribution is -0.909. The number of likely N-dealkylation sites (tertiary alicyclic amines) is 1. The molecule has 1 aliphatic rings. The summed E-state index contributed by atoms with van der Waals surface area (Å²) in [6, 6.07) is 14.4. The Hall–Kier alpha value is -1.28. The molecule has 0 atom stereocenters. The van der Waals surface area contributed by atoms with Crippen molar-refractivity contribution in [2.75, 3.05) is 19.6 Å². The number of nitrogens with one attached hydrogen (secondary N) is 1. The highest BCUT2D eigenvalue weighted by atomic mass is 35.5. The number of halogens is 2. The van der Waals surface area contributed by atoms with Crippen molar-refractivity contribution in [2.45, 2.75) is 60.8 Å². The van der Waals surface area contributed by atoms with Gasteiger partial charge >= 0.3 is 0 Å². The third-order valence-corrected chi connectivity index (χ3v) is 6.18. The fourth-order valence-corrected chi connectivity index (χ4v) is 4.05. The van der Waals surface area contributed by atoms with E-state index in [9.17, 15) is 0 Å². The monoisotopic (exact) mass is 462 g/mol. The van der Waals surface area contributed by atoms with Gasteiger partial charge in [-0.3, -0.25) is 0 Å². The molecule has 1 N–H and O–H groups in total. The summed E-state index contributed by atoms with van der Waals surface area (Å²) in [6.45, 7) is 20.3. The van der Waals surface area contributed by atoms with E-state index in [1.807, 2.05) is 26.0 Å². The van der Waals surface area contributed by atoms with Gasteiger partial charge in [0.15, 0.2) is 0 Å². The number of quaternary nitrogens is 1. The molecule has 1 saturated heterocycles. The van der Waals surface area contributed by atoms with E-state index >= 15 is 0 Å². The zero-order valence-electron chi connectivity index (χ0n) is 20.4. The zero-order chi connectivity index (χ0) is 23.4. The van der Waals surface area contributed by atoms with Crippen molar-refractivity contribution in [1.82, 2.24) is 0 Å². The van der Waals surface area contributed by atoms with E-state index in [4.69, 9.17) is 23.2 Å². The number of hydrogen-bond donors (Lipinski definition) is 1. The van der Waals surface area contributed by atoms with Crippen molar-refractivity contribution in [3.63, 3.8) is 0 Å².